The molecule has 3 aromatic carbocycles. The first kappa shape index (κ1) is 17.9. The van der Waals surface area contributed by atoms with Crippen molar-refractivity contribution in [3.05, 3.63) is 101 Å². The van der Waals surface area contributed by atoms with Crippen LogP contribution in [0.2, 0.25) is 0 Å². The molecule has 30 heavy (non-hydrogen) atoms. The van der Waals surface area contributed by atoms with Crippen molar-refractivity contribution in [1.29, 1.82) is 0 Å². The molecular weight excluding hydrogens is 374 g/mol. The van der Waals surface area contributed by atoms with E-state index in [4.69, 9.17) is 0 Å². The highest BCUT2D eigenvalue weighted by Crippen LogP contribution is 2.28. The van der Waals surface area contributed by atoms with Gasteiger partial charge >= 0.3 is 0 Å². The summed E-state index contributed by atoms with van der Waals surface area (Å²) < 4.78 is 0. The average Bonchev–Trinajstić information content (AvgIpc) is 3.39. The first-order valence-corrected chi connectivity index (χ1v) is 9.64. The fourth-order valence-corrected chi connectivity index (χ4v) is 3.42. The Morgan fingerprint density at radius 3 is 2.50 bits per heavy atom. The van der Waals surface area contributed by atoms with Crippen molar-refractivity contribution in [1.82, 2.24) is 9.97 Å². The van der Waals surface area contributed by atoms with Crippen LogP contribution in [0.3, 0.4) is 0 Å². The van der Waals surface area contributed by atoms with Crippen LogP contribution in [-0.4, -0.2) is 21.4 Å². The second-order valence-electron chi connectivity index (χ2n) is 6.97. The number of para-hydroxylation sites is 1. The van der Waals surface area contributed by atoms with E-state index in [1.54, 1.807) is 6.34 Å². The summed E-state index contributed by atoms with van der Waals surface area (Å²) >= 11 is 0. The van der Waals surface area contributed by atoms with Gasteiger partial charge in [0.25, 0.3) is 0 Å². The molecule has 1 aliphatic heterocycles. The number of nitrogens with one attached hydrogen (secondary N) is 1. The maximum Gasteiger partial charge on any atom is 0.238 e. The number of imidazole rings is 1. The minimum atomic E-state index is -0.0484. The van der Waals surface area contributed by atoms with Crippen LogP contribution in [0, 0.1) is 0 Å². The minimum absolute atomic E-state index is 0.0484. The second kappa shape index (κ2) is 7.67. The summed E-state index contributed by atoms with van der Waals surface area (Å²) in [6.45, 7) is 0.617. The molecule has 146 valence electrons. The number of benzene rings is 3. The third-order valence-electron chi connectivity index (χ3n) is 4.91. The van der Waals surface area contributed by atoms with E-state index in [9.17, 15) is 5.11 Å². The van der Waals surface area contributed by atoms with Gasteiger partial charge in [0.2, 0.25) is 11.8 Å². The molecule has 0 aliphatic carbocycles. The van der Waals surface area contributed by atoms with E-state index >= 15 is 0 Å². The summed E-state index contributed by atoms with van der Waals surface area (Å²) in [5.41, 5.74) is 3.48. The number of nitrogens with zero attached hydrogens (tertiary/aromatic N) is 4. The molecule has 6 nitrogen and oxygen atoms in total. The van der Waals surface area contributed by atoms with Gasteiger partial charge in [0.05, 0.1) is 17.6 Å². The highest BCUT2D eigenvalue weighted by molar-refractivity contribution is 5.67. The van der Waals surface area contributed by atoms with Gasteiger partial charge in [0, 0.05) is 5.69 Å². The largest absolute Gasteiger partial charge is 0.492 e. The maximum absolute atomic E-state index is 10.5. The number of hydrogen-bond acceptors (Lipinski definition) is 5. The molecule has 0 amide bonds. The molecule has 0 spiro atoms. The normalized spacial score (nSPS) is 12.6. The van der Waals surface area contributed by atoms with Crippen molar-refractivity contribution in [2.24, 2.45) is 9.98 Å². The van der Waals surface area contributed by atoms with Crippen LogP contribution < -0.4 is 15.5 Å². The minimum Gasteiger partial charge on any atom is -0.492 e. The van der Waals surface area contributed by atoms with Crippen LogP contribution in [0.4, 0.5) is 17.3 Å². The van der Waals surface area contributed by atoms with E-state index in [0.717, 1.165) is 27.5 Å². The van der Waals surface area contributed by atoms with Crippen LogP contribution in [0.5, 0.6) is 5.88 Å². The Labute approximate surface area is 173 Å². The Kier molecular flexibility index (Phi) is 4.57. The van der Waals surface area contributed by atoms with Gasteiger partial charge in [-0.2, -0.15) is 4.98 Å². The van der Waals surface area contributed by atoms with Gasteiger partial charge in [-0.1, -0.05) is 54.6 Å². The van der Waals surface area contributed by atoms with Crippen molar-refractivity contribution in [2.75, 3.05) is 4.90 Å². The number of fused-ring (bicyclic) bond motifs is 1. The molecular formula is C24H19N5O. The smallest absolute Gasteiger partial charge is 0.238 e. The molecule has 1 aliphatic rings. The lowest BCUT2D eigenvalue weighted by molar-refractivity contribution is 0.455. The summed E-state index contributed by atoms with van der Waals surface area (Å²) in [6, 6.07) is 25.9. The number of anilines is 2. The molecule has 0 bridgehead atoms. The number of aromatic amines is 1. The summed E-state index contributed by atoms with van der Waals surface area (Å²) in [6.07, 6.45) is 3.40. The van der Waals surface area contributed by atoms with Crippen LogP contribution in [0.1, 0.15) is 11.3 Å². The number of rotatable bonds is 5. The molecule has 0 fully saturated rings. The number of H-pyrrole nitrogens is 1. The fourth-order valence-electron chi connectivity index (χ4n) is 3.42. The van der Waals surface area contributed by atoms with Gasteiger partial charge in [0.1, 0.15) is 12.0 Å². The van der Waals surface area contributed by atoms with E-state index in [-0.39, 0.29) is 5.88 Å². The Balaban J connectivity index is 1.54. The van der Waals surface area contributed by atoms with Crippen LogP contribution in [-0.2, 0) is 6.54 Å². The summed E-state index contributed by atoms with van der Waals surface area (Å²) in [5.74, 6) is 0.524. The monoisotopic (exact) mass is 393 g/mol. The second-order valence-corrected chi connectivity index (χ2v) is 6.97. The maximum atomic E-state index is 10.5. The summed E-state index contributed by atoms with van der Waals surface area (Å²) in [7, 11) is 0. The Morgan fingerprint density at radius 1 is 0.933 bits per heavy atom. The van der Waals surface area contributed by atoms with E-state index in [1.165, 1.54) is 0 Å². The molecule has 6 heteroatoms. The standard InChI is InChI=1S/C24H19N5O/c30-23-22(14-18-11-12-20-21(13-18)26-16-25-20)27-24(28-23)29(19-9-5-2-6-10-19)15-17-7-3-1-4-8-17/h1-14,16,30H,15H2,(H,27,28)/b18-14+. The van der Waals surface area contributed by atoms with Gasteiger partial charge in [-0.05, 0) is 41.1 Å². The Bertz CT molecular complexity index is 1330. The SMILES string of the molecule is Oc1nc(N(Cc2ccccc2)c2ccccc2)[nH]c1/C=c1\ccc2c(c1)N=CN=2. The topological polar surface area (TPSA) is 76.9 Å². The van der Waals surface area contributed by atoms with Gasteiger partial charge in [-0.25, -0.2) is 9.98 Å². The van der Waals surface area contributed by atoms with Crippen LogP contribution in [0.15, 0.2) is 88.8 Å². The molecule has 2 heterocycles. The zero-order valence-corrected chi connectivity index (χ0v) is 16.1. The van der Waals surface area contributed by atoms with Crippen molar-refractivity contribution >= 4 is 29.7 Å². The van der Waals surface area contributed by atoms with Crippen molar-refractivity contribution in [3.8, 4) is 5.88 Å². The van der Waals surface area contributed by atoms with Crippen molar-refractivity contribution in [2.45, 2.75) is 6.54 Å². The summed E-state index contributed by atoms with van der Waals surface area (Å²) in [4.78, 5) is 18.1. The predicted octanol–water partition coefficient (Wildman–Crippen LogP) is 3.58. The Morgan fingerprint density at radius 2 is 1.70 bits per heavy atom. The number of aromatic nitrogens is 2. The number of hydrogen-bond donors (Lipinski definition) is 2. The first-order valence-electron chi connectivity index (χ1n) is 9.64. The zero-order chi connectivity index (χ0) is 20.3. The van der Waals surface area contributed by atoms with E-state index in [0.29, 0.717) is 18.2 Å². The van der Waals surface area contributed by atoms with Crippen molar-refractivity contribution in [3.63, 3.8) is 0 Å². The van der Waals surface area contributed by atoms with Gasteiger partial charge in [0.15, 0.2) is 0 Å². The third-order valence-corrected chi connectivity index (χ3v) is 4.91. The van der Waals surface area contributed by atoms with Gasteiger partial charge in [-0.15, -0.1) is 0 Å². The van der Waals surface area contributed by atoms with Gasteiger partial charge < -0.3 is 15.0 Å². The number of aliphatic imine (C=N–C) groups is 1. The first-order chi connectivity index (χ1) is 14.8. The fraction of sp³-hybridized carbons (Fsp3) is 0.0417. The predicted molar refractivity (Wildman–Crippen MR) is 118 cm³/mol. The molecule has 5 rings (SSSR count). The highest BCUT2D eigenvalue weighted by atomic mass is 16.3. The zero-order valence-electron chi connectivity index (χ0n) is 16.1. The number of aromatic hydroxyl groups is 1. The molecule has 0 saturated heterocycles. The molecule has 4 aromatic rings. The van der Waals surface area contributed by atoms with Crippen LogP contribution >= 0.6 is 0 Å². The molecule has 0 saturated carbocycles. The van der Waals surface area contributed by atoms with E-state index < -0.39 is 0 Å². The Hall–Kier alpha value is -4.19. The lowest BCUT2D eigenvalue weighted by atomic mass is 10.2. The quantitative estimate of drug-likeness (QED) is 0.544. The third kappa shape index (κ3) is 3.58. The van der Waals surface area contributed by atoms with Crippen LogP contribution in [0.25, 0.3) is 6.08 Å². The molecule has 0 unspecified atom stereocenters. The van der Waals surface area contributed by atoms with Gasteiger partial charge in [-0.3, -0.25) is 0 Å². The average molecular weight is 393 g/mol. The lowest BCUT2D eigenvalue weighted by Crippen LogP contribution is -2.17. The van der Waals surface area contributed by atoms with E-state index in [1.807, 2.05) is 77.7 Å². The molecule has 0 radical (unpaired) electrons. The highest BCUT2D eigenvalue weighted by Gasteiger charge is 2.16. The lowest BCUT2D eigenvalue weighted by Gasteiger charge is -2.22. The summed E-state index contributed by atoms with van der Waals surface area (Å²) in [5, 5.41) is 12.3. The molecule has 0 atom stereocenters. The molecule has 1 aromatic heterocycles. The molecule has 2 N–H and O–H groups in total. The van der Waals surface area contributed by atoms with E-state index in [2.05, 4.69) is 32.1 Å². The van der Waals surface area contributed by atoms with Crippen molar-refractivity contribution < 1.29 is 5.11 Å².